The third-order valence-electron chi connectivity index (χ3n) is 5.60. The van der Waals surface area contributed by atoms with Crippen LogP contribution in [0.5, 0.6) is 0 Å². The average molecular weight is 410 g/mol. The van der Waals surface area contributed by atoms with Crippen molar-refractivity contribution >= 4 is 11.8 Å². The maximum absolute atomic E-state index is 13.0. The van der Waals surface area contributed by atoms with Crippen molar-refractivity contribution in [1.29, 1.82) is 5.26 Å². The van der Waals surface area contributed by atoms with E-state index in [-0.39, 0.29) is 17.9 Å². The Bertz CT molecular complexity index is 1170. The second kappa shape index (κ2) is 8.41. The quantitative estimate of drug-likeness (QED) is 0.692. The van der Waals surface area contributed by atoms with E-state index in [1.807, 2.05) is 61.5 Å². The maximum atomic E-state index is 13.0. The highest BCUT2D eigenvalue weighted by Gasteiger charge is 2.35. The highest BCUT2D eigenvalue weighted by molar-refractivity contribution is 6.00. The van der Waals surface area contributed by atoms with Gasteiger partial charge in [0.05, 0.1) is 23.4 Å². The molecule has 6 heteroatoms. The van der Waals surface area contributed by atoms with E-state index in [9.17, 15) is 9.59 Å². The number of hydrogen-bond acceptors (Lipinski definition) is 4. The third kappa shape index (κ3) is 4.03. The van der Waals surface area contributed by atoms with E-state index in [1.165, 1.54) is 0 Å². The number of fused-ring (bicyclic) bond motifs is 1. The van der Waals surface area contributed by atoms with E-state index in [0.717, 1.165) is 16.7 Å². The molecule has 0 unspecified atom stereocenters. The first-order valence-electron chi connectivity index (χ1n) is 10.1. The number of nitrogens with zero attached hydrogens (tertiary/aromatic N) is 3. The van der Waals surface area contributed by atoms with Crippen LogP contribution in [0.15, 0.2) is 66.7 Å². The van der Waals surface area contributed by atoms with E-state index < -0.39 is 6.04 Å². The minimum Gasteiger partial charge on any atom is -0.348 e. The van der Waals surface area contributed by atoms with Crippen molar-refractivity contribution in [2.75, 3.05) is 0 Å². The largest absolute Gasteiger partial charge is 0.348 e. The van der Waals surface area contributed by atoms with Gasteiger partial charge in [-0.3, -0.25) is 9.59 Å². The summed E-state index contributed by atoms with van der Waals surface area (Å²) in [4.78, 5) is 31.9. The summed E-state index contributed by atoms with van der Waals surface area (Å²) in [7, 11) is 0. The van der Waals surface area contributed by atoms with Crippen LogP contribution >= 0.6 is 0 Å². The van der Waals surface area contributed by atoms with Crippen molar-refractivity contribution in [3.05, 3.63) is 89.1 Å². The summed E-state index contributed by atoms with van der Waals surface area (Å²) in [5.41, 5.74) is 4.24. The topological polar surface area (TPSA) is 86.1 Å². The molecule has 2 atom stereocenters. The van der Waals surface area contributed by atoms with Crippen molar-refractivity contribution in [2.45, 2.75) is 32.5 Å². The van der Waals surface area contributed by atoms with Crippen LogP contribution in [-0.2, 0) is 11.3 Å². The fourth-order valence-electron chi connectivity index (χ4n) is 3.68. The molecule has 154 valence electrons. The molecule has 0 radical (unpaired) electrons. The zero-order chi connectivity index (χ0) is 22.0. The zero-order valence-electron chi connectivity index (χ0n) is 17.4. The Kier molecular flexibility index (Phi) is 5.50. The number of benzene rings is 2. The second-order valence-electron chi connectivity index (χ2n) is 7.64. The fourth-order valence-corrected chi connectivity index (χ4v) is 3.68. The summed E-state index contributed by atoms with van der Waals surface area (Å²) in [6.07, 6.45) is 0. The summed E-state index contributed by atoms with van der Waals surface area (Å²) in [6, 6.07) is 21.8. The highest BCUT2D eigenvalue weighted by Crippen LogP contribution is 2.27. The van der Waals surface area contributed by atoms with Gasteiger partial charge in [-0.05, 0) is 37.6 Å². The number of nitriles is 1. The smallest absolute Gasteiger partial charge is 0.273 e. The summed E-state index contributed by atoms with van der Waals surface area (Å²) >= 11 is 0. The van der Waals surface area contributed by atoms with E-state index in [0.29, 0.717) is 23.5 Å². The van der Waals surface area contributed by atoms with Crippen LogP contribution in [-0.4, -0.2) is 27.7 Å². The second-order valence-corrected chi connectivity index (χ2v) is 7.64. The van der Waals surface area contributed by atoms with Crippen LogP contribution in [0.3, 0.4) is 0 Å². The van der Waals surface area contributed by atoms with Crippen molar-refractivity contribution in [3.63, 3.8) is 0 Å². The average Bonchev–Trinajstić information content (AvgIpc) is 3.14. The molecule has 1 aliphatic rings. The Morgan fingerprint density at radius 1 is 1.06 bits per heavy atom. The Balaban J connectivity index is 1.49. The third-order valence-corrected chi connectivity index (χ3v) is 5.60. The Morgan fingerprint density at radius 2 is 1.77 bits per heavy atom. The first-order chi connectivity index (χ1) is 15.0. The zero-order valence-corrected chi connectivity index (χ0v) is 17.4. The van der Waals surface area contributed by atoms with Crippen LogP contribution in [0, 0.1) is 11.3 Å². The molecule has 0 fully saturated rings. The first-order valence-corrected chi connectivity index (χ1v) is 10.1. The van der Waals surface area contributed by atoms with Crippen LogP contribution in [0.4, 0.5) is 0 Å². The number of carbonyl (C=O) groups excluding carboxylic acids is 2. The molecule has 2 heterocycles. The van der Waals surface area contributed by atoms with Gasteiger partial charge in [-0.2, -0.15) is 5.26 Å². The number of pyridine rings is 1. The summed E-state index contributed by atoms with van der Waals surface area (Å²) in [5, 5.41) is 11.9. The predicted molar refractivity (Wildman–Crippen MR) is 117 cm³/mol. The molecule has 3 aromatic rings. The van der Waals surface area contributed by atoms with Gasteiger partial charge in [0.1, 0.15) is 11.7 Å². The van der Waals surface area contributed by atoms with Gasteiger partial charge in [0.15, 0.2) is 0 Å². The molecule has 4 rings (SSSR count). The van der Waals surface area contributed by atoms with Gasteiger partial charge in [-0.1, -0.05) is 48.5 Å². The lowest BCUT2D eigenvalue weighted by Crippen LogP contribution is -2.45. The molecule has 6 nitrogen and oxygen atoms in total. The summed E-state index contributed by atoms with van der Waals surface area (Å²) < 4.78 is 0. The van der Waals surface area contributed by atoms with Gasteiger partial charge in [0.2, 0.25) is 5.91 Å². The molecule has 31 heavy (non-hydrogen) atoms. The lowest BCUT2D eigenvalue weighted by atomic mass is 10.1. The molecule has 0 saturated heterocycles. The predicted octanol–water partition coefficient (Wildman–Crippen LogP) is 3.84. The number of nitrogens with one attached hydrogen (secondary N) is 1. The standard InChI is InChI=1S/C25H22N4O2/c1-16(19-6-4-3-5-7-19)27-24(30)17(2)29-15-21-12-13-22(28-23(21)25(29)31)20-10-8-18(14-26)9-11-20/h3-13,16-17H,15H2,1-2H3,(H,27,30)/t16-,17+/m0/s1. The molecule has 0 saturated carbocycles. The van der Waals surface area contributed by atoms with Gasteiger partial charge in [-0.25, -0.2) is 4.98 Å². The molecular weight excluding hydrogens is 388 g/mol. The molecule has 0 aliphatic carbocycles. The van der Waals surface area contributed by atoms with E-state index in [1.54, 1.807) is 24.0 Å². The molecule has 1 N–H and O–H groups in total. The molecule has 0 spiro atoms. The van der Waals surface area contributed by atoms with E-state index in [2.05, 4.69) is 16.4 Å². The molecule has 0 bridgehead atoms. The first kappa shape index (κ1) is 20.3. The van der Waals surface area contributed by atoms with Crippen LogP contribution in [0.1, 0.15) is 47.1 Å². The monoisotopic (exact) mass is 410 g/mol. The van der Waals surface area contributed by atoms with Crippen LogP contribution in [0.2, 0.25) is 0 Å². The molecule has 1 aliphatic heterocycles. The number of amides is 2. The van der Waals surface area contributed by atoms with E-state index >= 15 is 0 Å². The lowest BCUT2D eigenvalue weighted by molar-refractivity contribution is -0.125. The van der Waals surface area contributed by atoms with Gasteiger partial charge >= 0.3 is 0 Å². The molecule has 2 amide bonds. The summed E-state index contributed by atoms with van der Waals surface area (Å²) in [6.45, 7) is 4.01. The summed E-state index contributed by atoms with van der Waals surface area (Å²) in [5.74, 6) is -0.453. The Hall–Kier alpha value is -3.98. The SMILES string of the molecule is C[C@H](NC(=O)[C@@H](C)N1Cc2ccc(-c3ccc(C#N)cc3)nc2C1=O)c1ccccc1. The molecule has 1 aromatic heterocycles. The van der Waals surface area contributed by atoms with Crippen LogP contribution < -0.4 is 5.32 Å². The Labute approximate surface area is 181 Å². The van der Waals surface area contributed by atoms with Gasteiger partial charge in [-0.15, -0.1) is 0 Å². The minimum atomic E-state index is -0.619. The van der Waals surface area contributed by atoms with Crippen molar-refractivity contribution in [3.8, 4) is 17.3 Å². The van der Waals surface area contributed by atoms with Gasteiger partial charge in [0, 0.05) is 17.7 Å². The van der Waals surface area contributed by atoms with Gasteiger partial charge < -0.3 is 10.2 Å². The number of aromatic nitrogens is 1. The maximum Gasteiger partial charge on any atom is 0.273 e. The minimum absolute atomic E-state index is 0.155. The number of rotatable bonds is 5. The van der Waals surface area contributed by atoms with E-state index in [4.69, 9.17) is 5.26 Å². The fraction of sp³-hybridized carbons (Fsp3) is 0.200. The number of carbonyl (C=O) groups is 2. The highest BCUT2D eigenvalue weighted by atomic mass is 16.2. The number of hydrogen-bond donors (Lipinski definition) is 1. The lowest BCUT2D eigenvalue weighted by Gasteiger charge is -2.25. The van der Waals surface area contributed by atoms with Crippen molar-refractivity contribution < 1.29 is 9.59 Å². The van der Waals surface area contributed by atoms with Crippen molar-refractivity contribution in [1.82, 2.24) is 15.2 Å². The van der Waals surface area contributed by atoms with Gasteiger partial charge in [0.25, 0.3) is 5.91 Å². The van der Waals surface area contributed by atoms with Crippen molar-refractivity contribution in [2.24, 2.45) is 0 Å². The Morgan fingerprint density at radius 3 is 2.45 bits per heavy atom. The molecular formula is C25H22N4O2. The molecule has 2 aromatic carbocycles. The van der Waals surface area contributed by atoms with Crippen LogP contribution in [0.25, 0.3) is 11.3 Å². The normalized spacial score (nSPS) is 14.5.